The lowest BCUT2D eigenvalue weighted by atomic mass is 10.1. The van der Waals surface area contributed by atoms with Crippen LogP contribution in [0.3, 0.4) is 0 Å². The van der Waals surface area contributed by atoms with E-state index in [1.807, 2.05) is 5.32 Å². The third-order valence-electron chi connectivity index (χ3n) is 4.69. The smallest absolute Gasteiger partial charge is 0.326 e. The summed E-state index contributed by atoms with van der Waals surface area (Å²) < 4.78 is 0. The van der Waals surface area contributed by atoms with Gasteiger partial charge >= 0.3 is 17.9 Å². The molecule has 10 N–H and O–H groups in total. The molecule has 0 spiro atoms. The first kappa shape index (κ1) is 29.0. The molecule has 0 fully saturated rings. The predicted octanol–water partition coefficient (Wildman–Crippen LogP) is -3.46. The highest BCUT2D eigenvalue weighted by Crippen LogP contribution is 2.03. The molecule has 4 atom stereocenters. The van der Waals surface area contributed by atoms with Crippen LogP contribution in [0, 0.1) is 0 Å². The third-order valence-corrected chi connectivity index (χ3v) is 4.69. The first-order valence-corrected chi connectivity index (χ1v) is 10.4. The van der Waals surface area contributed by atoms with Crippen molar-refractivity contribution in [1.29, 1.82) is 0 Å². The van der Waals surface area contributed by atoms with Crippen LogP contribution in [0.4, 0.5) is 0 Å². The number of nitrogens with one attached hydrogen (secondary N) is 4. The van der Waals surface area contributed by atoms with Crippen molar-refractivity contribution in [2.45, 2.75) is 56.3 Å². The lowest BCUT2D eigenvalue weighted by Crippen LogP contribution is -2.58. The van der Waals surface area contributed by atoms with Crippen molar-refractivity contribution in [1.82, 2.24) is 25.9 Å². The van der Waals surface area contributed by atoms with Gasteiger partial charge in [0.15, 0.2) is 0 Å². The number of aromatic amines is 1. The van der Waals surface area contributed by atoms with Gasteiger partial charge in [0.25, 0.3) is 0 Å². The second kappa shape index (κ2) is 14.3. The van der Waals surface area contributed by atoms with Gasteiger partial charge in [-0.05, 0) is 12.8 Å². The quantitative estimate of drug-likeness (QED) is 0.107. The summed E-state index contributed by atoms with van der Waals surface area (Å²) in [6.45, 7) is -0.939. The Kier molecular flexibility index (Phi) is 11.8. The molecule has 3 amide bonds. The van der Waals surface area contributed by atoms with Crippen LogP contribution in [0.2, 0.25) is 0 Å². The highest BCUT2D eigenvalue weighted by Gasteiger charge is 2.30. The number of aliphatic hydroxyl groups is 1. The maximum atomic E-state index is 12.8. The summed E-state index contributed by atoms with van der Waals surface area (Å²) in [7, 11) is 0. The minimum Gasteiger partial charge on any atom is -0.481 e. The summed E-state index contributed by atoms with van der Waals surface area (Å²) in [4.78, 5) is 76.8. The molecule has 4 unspecified atom stereocenters. The third kappa shape index (κ3) is 10.6. The van der Waals surface area contributed by atoms with Gasteiger partial charge in [0.2, 0.25) is 17.7 Å². The van der Waals surface area contributed by atoms with Crippen LogP contribution in [-0.2, 0) is 35.2 Å². The summed E-state index contributed by atoms with van der Waals surface area (Å²) in [6, 6.07) is -5.79. The number of H-pyrrole nitrogens is 1. The van der Waals surface area contributed by atoms with Gasteiger partial charge in [-0.25, -0.2) is 9.78 Å². The van der Waals surface area contributed by atoms with E-state index < -0.39 is 79.2 Å². The summed E-state index contributed by atoms with van der Waals surface area (Å²) in [5.74, 6) is -6.83. The molecule has 194 valence electrons. The fourth-order valence-corrected chi connectivity index (χ4v) is 2.78. The van der Waals surface area contributed by atoms with Gasteiger partial charge in [-0.2, -0.15) is 0 Å². The van der Waals surface area contributed by atoms with E-state index in [0.717, 1.165) is 0 Å². The Hall–Kier alpha value is -4.05. The molecule has 1 aromatic rings. The average molecular weight is 500 g/mol. The molecule has 0 aliphatic heterocycles. The Labute approximate surface area is 198 Å². The molecule has 0 radical (unpaired) electrons. The van der Waals surface area contributed by atoms with Gasteiger partial charge in [0.1, 0.15) is 18.1 Å². The van der Waals surface area contributed by atoms with Crippen molar-refractivity contribution in [3.8, 4) is 0 Å². The number of aliphatic carboxylic acids is 3. The Morgan fingerprint density at radius 2 is 1.40 bits per heavy atom. The van der Waals surface area contributed by atoms with E-state index in [4.69, 9.17) is 21.1 Å². The number of nitrogens with zero attached hydrogens (tertiary/aromatic N) is 1. The van der Waals surface area contributed by atoms with E-state index in [1.54, 1.807) is 0 Å². The van der Waals surface area contributed by atoms with E-state index in [0.29, 0.717) is 5.69 Å². The molecule has 0 aromatic carbocycles. The van der Waals surface area contributed by atoms with Gasteiger partial charge in [0, 0.05) is 31.2 Å². The number of carboxylic acids is 3. The zero-order valence-electron chi connectivity index (χ0n) is 18.5. The molecule has 1 aromatic heterocycles. The number of carbonyl (C=O) groups excluding carboxylic acids is 3. The van der Waals surface area contributed by atoms with Gasteiger partial charge in [-0.1, -0.05) is 0 Å². The van der Waals surface area contributed by atoms with Crippen LogP contribution < -0.4 is 21.7 Å². The summed E-state index contributed by atoms with van der Waals surface area (Å²) in [6.07, 6.45) is 0.979. The molecule has 0 saturated carbocycles. The maximum Gasteiger partial charge on any atom is 0.326 e. The monoisotopic (exact) mass is 500 g/mol. The molecule has 0 aliphatic rings. The highest BCUT2D eigenvalue weighted by atomic mass is 16.4. The van der Waals surface area contributed by atoms with Gasteiger partial charge < -0.3 is 47.1 Å². The number of imidazole rings is 1. The largest absolute Gasteiger partial charge is 0.481 e. The first-order valence-electron chi connectivity index (χ1n) is 10.4. The van der Waals surface area contributed by atoms with Crippen molar-refractivity contribution in [2.24, 2.45) is 5.73 Å². The Morgan fingerprint density at radius 1 is 0.857 bits per heavy atom. The molecular formula is C19H28N6O10. The molecule has 16 heteroatoms. The first-order chi connectivity index (χ1) is 16.4. The second-order valence-electron chi connectivity index (χ2n) is 7.46. The number of aliphatic hydroxyl groups excluding tert-OH is 1. The lowest BCUT2D eigenvalue weighted by molar-refractivity contribution is -0.144. The lowest BCUT2D eigenvalue weighted by Gasteiger charge is -2.24. The minimum absolute atomic E-state index is 0.140. The molecular weight excluding hydrogens is 472 g/mol. The van der Waals surface area contributed by atoms with Crippen LogP contribution in [-0.4, -0.2) is 96.8 Å². The van der Waals surface area contributed by atoms with Crippen molar-refractivity contribution in [3.63, 3.8) is 0 Å². The van der Waals surface area contributed by atoms with Crippen LogP contribution in [0.5, 0.6) is 0 Å². The second-order valence-corrected chi connectivity index (χ2v) is 7.46. The number of hydrogen-bond acceptors (Lipinski definition) is 9. The molecule has 1 heterocycles. The zero-order chi connectivity index (χ0) is 26.5. The van der Waals surface area contributed by atoms with E-state index >= 15 is 0 Å². The van der Waals surface area contributed by atoms with Crippen molar-refractivity contribution in [3.05, 3.63) is 18.2 Å². The van der Waals surface area contributed by atoms with Gasteiger partial charge in [-0.15, -0.1) is 0 Å². The fraction of sp³-hybridized carbons (Fsp3) is 0.526. The summed E-state index contributed by atoms with van der Waals surface area (Å²) in [5.41, 5.74) is 6.08. The van der Waals surface area contributed by atoms with Crippen LogP contribution in [0.15, 0.2) is 12.5 Å². The SMILES string of the molecule is NC(CCC(=O)O)C(=O)NC(Cc1cnc[nH]1)C(=O)NC(CO)C(=O)NC(CCC(=O)O)C(=O)O. The molecule has 1 rings (SSSR count). The number of amides is 3. The number of rotatable bonds is 16. The van der Waals surface area contributed by atoms with Crippen LogP contribution >= 0.6 is 0 Å². The van der Waals surface area contributed by atoms with Gasteiger partial charge in [0.05, 0.1) is 19.0 Å². The topological polar surface area (TPSA) is 274 Å². The number of aromatic nitrogens is 2. The molecule has 0 saturated heterocycles. The average Bonchev–Trinajstić information content (AvgIpc) is 3.30. The molecule has 35 heavy (non-hydrogen) atoms. The predicted molar refractivity (Wildman–Crippen MR) is 115 cm³/mol. The summed E-state index contributed by atoms with van der Waals surface area (Å²) >= 11 is 0. The van der Waals surface area contributed by atoms with Crippen LogP contribution in [0.25, 0.3) is 0 Å². The van der Waals surface area contributed by atoms with E-state index in [9.17, 15) is 33.9 Å². The number of carbonyl (C=O) groups is 6. The molecule has 0 bridgehead atoms. The number of hydrogen-bond donors (Lipinski definition) is 9. The van der Waals surface area contributed by atoms with E-state index in [-0.39, 0.29) is 19.3 Å². The Bertz CT molecular complexity index is 906. The van der Waals surface area contributed by atoms with E-state index in [1.165, 1.54) is 12.5 Å². The van der Waals surface area contributed by atoms with Gasteiger partial charge in [-0.3, -0.25) is 24.0 Å². The minimum atomic E-state index is -1.63. The van der Waals surface area contributed by atoms with Crippen molar-refractivity contribution in [2.75, 3.05) is 6.61 Å². The molecule has 0 aliphatic carbocycles. The number of carboxylic acid groups (broad SMARTS) is 3. The standard InChI is InChI=1S/C19H28N6O10/c20-10(1-3-14(27)28)16(31)24-12(5-9-6-21-8-22-9)17(32)25-13(7-26)18(33)23-11(19(34)35)2-4-15(29)30/h6,8,10-13,26H,1-5,7,20H2,(H,21,22)(H,23,33)(H,24,31)(H,25,32)(H,27,28)(H,29,30)(H,34,35). The van der Waals surface area contributed by atoms with E-state index in [2.05, 4.69) is 20.6 Å². The summed E-state index contributed by atoms with van der Waals surface area (Å²) in [5, 5.41) is 42.7. The zero-order valence-corrected chi connectivity index (χ0v) is 18.5. The Balaban J connectivity index is 2.90. The highest BCUT2D eigenvalue weighted by molar-refractivity contribution is 5.94. The maximum absolute atomic E-state index is 12.8. The molecule has 16 nitrogen and oxygen atoms in total. The number of nitrogens with two attached hydrogens (primary N) is 1. The van der Waals surface area contributed by atoms with Crippen molar-refractivity contribution < 1.29 is 49.2 Å². The fourth-order valence-electron chi connectivity index (χ4n) is 2.78. The normalized spacial score (nSPS) is 14.1. The van der Waals surface area contributed by atoms with Crippen LogP contribution in [0.1, 0.15) is 31.4 Å². The Morgan fingerprint density at radius 3 is 1.91 bits per heavy atom. The van der Waals surface area contributed by atoms with Crippen molar-refractivity contribution >= 4 is 35.6 Å².